The number of benzene rings is 1. The van der Waals surface area contributed by atoms with Gasteiger partial charge in [-0.25, -0.2) is 8.78 Å². The van der Waals surface area contributed by atoms with Crippen LogP contribution in [0.5, 0.6) is 0 Å². The quantitative estimate of drug-likeness (QED) is 0.747. The van der Waals surface area contributed by atoms with Gasteiger partial charge in [0.25, 0.3) is 5.91 Å². The Kier molecular flexibility index (Phi) is 5.52. The monoisotopic (exact) mass is 428 g/mol. The Morgan fingerprint density at radius 1 is 1.14 bits per heavy atom. The van der Waals surface area contributed by atoms with E-state index in [1.165, 1.54) is 4.90 Å². The van der Waals surface area contributed by atoms with E-state index in [9.17, 15) is 23.5 Å². The van der Waals surface area contributed by atoms with Gasteiger partial charge in [0, 0.05) is 56.6 Å². The van der Waals surface area contributed by atoms with Crippen LogP contribution in [0.1, 0.15) is 23.2 Å². The van der Waals surface area contributed by atoms with Crippen LogP contribution in [0.4, 0.5) is 8.78 Å². The molecule has 0 spiro atoms. The number of aliphatic hydroxyl groups is 1. The fourth-order valence-corrected chi connectivity index (χ4v) is 5.02. The van der Waals surface area contributed by atoms with Crippen molar-refractivity contribution in [3.8, 4) is 0 Å². The number of amides is 2. The predicted molar refractivity (Wildman–Crippen MR) is 100 cm³/mol. The van der Waals surface area contributed by atoms with Gasteiger partial charge in [-0.15, -0.1) is 0 Å². The molecular weight excluding hydrogens is 406 g/mol. The molecule has 2 atom stereocenters. The number of hydrogen-bond acceptors (Lipinski definition) is 4. The summed E-state index contributed by atoms with van der Waals surface area (Å²) in [4.78, 5) is 29.0. The summed E-state index contributed by atoms with van der Waals surface area (Å²) in [5.41, 5.74) is -0.713. The largest absolute Gasteiger partial charge is 0.396 e. The molecule has 3 aliphatic heterocycles. The zero-order chi connectivity index (χ0) is 20.8. The first kappa shape index (κ1) is 20.5. The van der Waals surface area contributed by atoms with Crippen molar-refractivity contribution in [2.75, 3.05) is 46.0 Å². The van der Waals surface area contributed by atoms with Crippen molar-refractivity contribution >= 4 is 23.4 Å². The molecule has 3 aliphatic rings. The summed E-state index contributed by atoms with van der Waals surface area (Å²) in [6.07, 6.45) is 1.40. The molecule has 3 saturated heterocycles. The zero-order valence-corrected chi connectivity index (χ0v) is 16.6. The van der Waals surface area contributed by atoms with Gasteiger partial charge in [-0.3, -0.25) is 9.59 Å². The second kappa shape index (κ2) is 7.81. The molecule has 3 heterocycles. The van der Waals surface area contributed by atoms with E-state index in [0.717, 1.165) is 12.1 Å². The molecule has 3 fully saturated rings. The number of carbonyl (C=O) groups excluding carboxylic acids is 2. The molecule has 0 bridgehead atoms. The fraction of sp³-hybridized carbons (Fsp3) is 0.600. The second-order valence-corrected chi connectivity index (χ2v) is 8.66. The number of fused-ring (bicyclic) bond motifs is 1. The van der Waals surface area contributed by atoms with Crippen LogP contribution in [0.2, 0.25) is 5.02 Å². The van der Waals surface area contributed by atoms with E-state index in [-0.39, 0.29) is 41.5 Å². The zero-order valence-electron chi connectivity index (χ0n) is 15.9. The Morgan fingerprint density at radius 3 is 2.41 bits per heavy atom. The van der Waals surface area contributed by atoms with E-state index >= 15 is 0 Å². The number of nitrogens with zero attached hydrogens (tertiary/aromatic N) is 2. The molecule has 158 valence electrons. The highest BCUT2D eigenvalue weighted by molar-refractivity contribution is 6.33. The summed E-state index contributed by atoms with van der Waals surface area (Å²) in [5, 5.41) is 9.96. The van der Waals surface area contributed by atoms with E-state index in [4.69, 9.17) is 16.3 Å². The van der Waals surface area contributed by atoms with Crippen LogP contribution in [-0.4, -0.2) is 72.7 Å². The van der Waals surface area contributed by atoms with Crippen LogP contribution in [0.3, 0.4) is 0 Å². The van der Waals surface area contributed by atoms with Crippen molar-refractivity contribution in [1.29, 1.82) is 0 Å². The van der Waals surface area contributed by atoms with Gasteiger partial charge in [-0.1, -0.05) is 11.6 Å². The second-order valence-electron chi connectivity index (χ2n) is 8.25. The van der Waals surface area contributed by atoms with Gasteiger partial charge >= 0.3 is 0 Å². The van der Waals surface area contributed by atoms with Crippen molar-refractivity contribution in [3.63, 3.8) is 0 Å². The molecule has 1 N–H and O–H groups in total. The molecule has 2 unspecified atom stereocenters. The van der Waals surface area contributed by atoms with Crippen molar-refractivity contribution in [3.05, 3.63) is 34.4 Å². The van der Waals surface area contributed by atoms with Gasteiger partial charge in [0.1, 0.15) is 0 Å². The minimum atomic E-state index is -1.14. The highest BCUT2D eigenvalue weighted by Crippen LogP contribution is 2.43. The van der Waals surface area contributed by atoms with Crippen LogP contribution in [-0.2, 0) is 9.53 Å². The average molecular weight is 429 g/mol. The normalized spacial score (nSPS) is 27.4. The molecule has 0 saturated carbocycles. The maximum absolute atomic E-state index is 13.6. The fourth-order valence-electron chi connectivity index (χ4n) is 4.79. The Balaban J connectivity index is 1.48. The molecule has 1 aromatic carbocycles. The number of halogens is 3. The molecule has 9 heteroatoms. The van der Waals surface area contributed by atoms with E-state index in [0.29, 0.717) is 45.7 Å². The van der Waals surface area contributed by atoms with Gasteiger partial charge in [-0.2, -0.15) is 0 Å². The van der Waals surface area contributed by atoms with E-state index in [1.807, 2.05) is 0 Å². The maximum Gasteiger partial charge on any atom is 0.255 e. The number of rotatable bonds is 3. The number of hydrogen-bond donors (Lipinski definition) is 1. The summed E-state index contributed by atoms with van der Waals surface area (Å²) in [5.74, 6) is -2.81. The van der Waals surface area contributed by atoms with Crippen LogP contribution in [0.25, 0.3) is 0 Å². The van der Waals surface area contributed by atoms with Crippen LogP contribution < -0.4 is 0 Å². The Morgan fingerprint density at radius 2 is 1.76 bits per heavy atom. The third-order valence-electron chi connectivity index (χ3n) is 6.48. The first-order chi connectivity index (χ1) is 13.8. The van der Waals surface area contributed by atoms with E-state index in [1.54, 1.807) is 4.90 Å². The Labute approximate surface area is 172 Å². The summed E-state index contributed by atoms with van der Waals surface area (Å²) in [6, 6.07) is 1.60. The van der Waals surface area contributed by atoms with Gasteiger partial charge < -0.3 is 19.6 Å². The maximum atomic E-state index is 13.6. The molecular formula is C20H23ClF2N2O4. The Hall–Kier alpha value is -1.77. The van der Waals surface area contributed by atoms with Gasteiger partial charge in [-0.05, 0) is 25.0 Å². The van der Waals surface area contributed by atoms with Crippen LogP contribution in [0, 0.1) is 28.9 Å². The SMILES string of the molecule is O=C(c1cc(F)c(F)cc1Cl)N1CC2CN(C(=O)C3CCOCC3)CC2(CO)C1. The third kappa shape index (κ3) is 3.62. The van der Waals surface area contributed by atoms with Crippen LogP contribution >= 0.6 is 11.6 Å². The van der Waals surface area contributed by atoms with Gasteiger partial charge in [0.05, 0.1) is 17.2 Å². The molecule has 29 heavy (non-hydrogen) atoms. The minimum Gasteiger partial charge on any atom is -0.396 e. The number of ether oxygens (including phenoxy) is 1. The predicted octanol–water partition coefficient (Wildman–Crippen LogP) is 1.94. The lowest BCUT2D eigenvalue weighted by molar-refractivity contribution is -0.138. The molecule has 0 aliphatic carbocycles. The molecule has 1 aromatic rings. The van der Waals surface area contributed by atoms with Crippen molar-refractivity contribution in [2.45, 2.75) is 12.8 Å². The van der Waals surface area contributed by atoms with Crippen LogP contribution in [0.15, 0.2) is 12.1 Å². The van der Waals surface area contributed by atoms with Crippen molar-refractivity contribution < 1.29 is 28.2 Å². The van der Waals surface area contributed by atoms with E-state index in [2.05, 4.69) is 0 Å². The third-order valence-corrected chi connectivity index (χ3v) is 6.80. The summed E-state index contributed by atoms with van der Waals surface area (Å²) < 4.78 is 32.2. The molecule has 0 radical (unpaired) electrons. The Bertz CT molecular complexity index is 833. The van der Waals surface area contributed by atoms with E-state index < -0.39 is 23.0 Å². The smallest absolute Gasteiger partial charge is 0.255 e. The average Bonchev–Trinajstić information content (AvgIpc) is 3.25. The summed E-state index contributed by atoms with van der Waals surface area (Å²) in [6.45, 7) is 2.40. The number of likely N-dealkylation sites (tertiary alicyclic amines) is 2. The molecule has 0 aromatic heterocycles. The topological polar surface area (TPSA) is 70.1 Å². The lowest BCUT2D eigenvalue weighted by Gasteiger charge is -2.30. The highest BCUT2D eigenvalue weighted by Gasteiger charge is 2.54. The molecule has 4 rings (SSSR count). The minimum absolute atomic E-state index is 0.0583. The first-order valence-electron chi connectivity index (χ1n) is 9.76. The molecule has 2 amide bonds. The van der Waals surface area contributed by atoms with Crippen molar-refractivity contribution in [1.82, 2.24) is 9.80 Å². The highest BCUT2D eigenvalue weighted by atomic mass is 35.5. The van der Waals surface area contributed by atoms with Gasteiger partial charge in [0.15, 0.2) is 11.6 Å². The summed E-state index contributed by atoms with van der Waals surface area (Å²) >= 11 is 5.95. The molecule has 6 nitrogen and oxygen atoms in total. The number of carbonyl (C=O) groups is 2. The lowest BCUT2D eigenvalue weighted by Crippen LogP contribution is -2.43. The number of aliphatic hydroxyl groups excluding tert-OH is 1. The standard InChI is InChI=1S/C20H23ClF2N2O4/c21-15-6-17(23)16(22)5-14(15)19(28)25-8-13-7-24(9-20(13,10-25)11-26)18(27)12-1-3-29-4-2-12/h5-6,12-13,26H,1-4,7-11H2. The van der Waals surface area contributed by atoms with Gasteiger partial charge in [0.2, 0.25) is 5.91 Å². The van der Waals surface area contributed by atoms with Crippen molar-refractivity contribution in [2.24, 2.45) is 17.3 Å². The first-order valence-corrected chi connectivity index (χ1v) is 10.1. The lowest BCUT2D eigenvalue weighted by atomic mass is 9.82. The summed E-state index contributed by atoms with van der Waals surface area (Å²) in [7, 11) is 0.